The second kappa shape index (κ2) is 6.24. The van der Waals surface area contributed by atoms with E-state index in [2.05, 4.69) is 15.9 Å². The fourth-order valence-corrected chi connectivity index (χ4v) is 2.90. The second-order valence-electron chi connectivity index (χ2n) is 4.13. The fourth-order valence-electron chi connectivity index (χ4n) is 1.63. The number of ketones is 1. The SMILES string of the molecule is CC(=O)c1ccc(Sc2ccc(Br)c(C(=O)O)c2)cc1. The van der Waals surface area contributed by atoms with E-state index in [1.807, 2.05) is 18.2 Å². The molecule has 2 rings (SSSR count). The third-order valence-electron chi connectivity index (χ3n) is 2.66. The van der Waals surface area contributed by atoms with Crippen LogP contribution < -0.4 is 0 Å². The minimum absolute atomic E-state index is 0.0263. The van der Waals surface area contributed by atoms with Crippen LogP contribution in [0.15, 0.2) is 56.7 Å². The van der Waals surface area contributed by atoms with Gasteiger partial charge in [-0.15, -0.1) is 0 Å². The highest BCUT2D eigenvalue weighted by atomic mass is 79.9. The first kappa shape index (κ1) is 14.8. The van der Waals surface area contributed by atoms with E-state index in [9.17, 15) is 9.59 Å². The molecule has 0 bridgehead atoms. The first-order valence-electron chi connectivity index (χ1n) is 5.79. The molecule has 3 nitrogen and oxygen atoms in total. The van der Waals surface area contributed by atoms with Crippen LogP contribution in [0.2, 0.25) is 0 Å². The molecule has 0 saturated heterocycles. The number of hydrogen-bond donors (Lipinski definition) is 1. The molecule has 0 radical (unpaired) electrons. The predicted molar refractivity (Wildman–Crippen MR) is 81.7 cm³/mol. The van der Waals surface area contributed by atoms with E-state index in [4.69, 9.17) is 5.11 Å². The van der Waals surface area contributed by atoms with Crippen molar-refractivity contribution in [2.45, 2.75) is 16.7 Å². The Morgan fingerprint density at radius 3 is 2.20 bits per heavy atom. The largest absolute Gasteiger partial charge is 0.478 e. The molecule has 0 spiro atoms. The number of rotatable bonds is 4. The first-order valence-corrected chi connectivity index (χ1v) is 7.40. The van der Waals surface area contributed by atoms with Gasteiger partial charge in [-0.05, 0) is 53.2 Å². The number of carboxylic acids is 1. The Labute approximate surface area is 129 Å². The van der Waals surface area contributed by atoms with Gasteiger partial charge in [-0.25, -0.2) is 4.79 Å². The lowest BCUT2D eigenvalue weighted by Gasteiger charge is -2.05. The summed E-state index contributed by atoms with van der Waals surface area (Å²) in [6.07, 6.45) is 0. The van der Waals surface area contributed by atoms with Crippen LogP contribution in [0.4, 0.5) is 0 Å². The van der Waals surface area contributed by atoms with Gasteiger partial charge in [0, 0.05) is 19.8 Å². The van der Waals surface area contributed by atoms with Crippen molar-refractivity contribution in [3.63, 3.8) is 0 Å². The van der Waals surface area contributed by atoms with Crippen molar-refractivity contribution in [2.75, 3.05) is 0 Å². The molecule has 1 N–H and O–H groups in total. The zero-order valence-corrected chi connectivity index (χ0v) is 13.0. The Morgan fingerprint density at radius 1 is 1.05 bits per heavy atom. The number of carbonyl (C=O) groups is 2. The summed E-state index contributed by atoms with van der Waals surface area (Å²) in [6, 6.07) is 12.4. The highest BCUT2D eigenvalue weighted by Gasteiger charge is 2.09. The van der Waals surface area contributed by atoms with Crippen LogP contribution in [0, 0.1) is 0 Å². The predicted octanol–water partition coefficient (Wildman–Crippen LogP) is 4.50. The van der Waals surface area contributed by atoms with E-state index in [1.54, 1.807) is 24.3 Å². The maximum atomic E-state index is 11.2. The van der Waals surface area contributed by atoms with Gasteiger partial charge in [0.1, 0.15) is 0 Å². The highest BCUT2D eigenvalue weighted by Crippen LogP contribution is 2.30. The van der Waals surface area contributed by atoms with Crippen LogP contribution in [-0.2, 0) is 0 Å². The lowest BCUT2D eigenvalue weighted by Crippen LogP contribution is -1.97. The molecule has 0 aliphatic rings. The standard InChI is InChI=1S/C15H11BrO3S/c1-9(17)10-2-4-11(5-3-10)20-12-6-7-14(16)13(8-12)15(18)19/h2-8H,1H3,(H,18,19). The second-order valence-corrected chi connectivity index (χ2v) is 6.13. The number of halogens is 1. The summed E-state index contributed by atoms with van der Waals surface area (Å²) in [6.45, 7) is 1.52. The molecule has 5 heteroatoms. The van der Waals surface area contributed by atoms with Crippen molar-refractivity contribution >= 4 is 39.4 Å². The molecule has 2 aromatic carbocycles. The van der Waals surface area contributed by atoms with Crippen LogP contribution in [0.5, 0.6) is 0 Å². The summed E-state index contributed by atoms with van der Waals surface area (Å²) in [4.78, 5) is 24.1. The third-order valence-corrected chi connectivity index (χ3v) is 4.35. The molecular formula is C15H11BrO3S. The molecule has 0 fully saturated rings. The van der Waals surface area contributed by atoms with Crippen LogP contribution in [0.1, 0.15) is 27.6 Å². The van der Waals surface area contributed by atoms with E-state index in [0.717, 1.165) is 9.79 Å². The molecule has 2 aromatic rings. The van der Waals surface area contributed by atoms with Gasteiger partial charge >= 0.3 is 5.97 Å². The Morgan fingerprint density at radius 2 is 1.65 bits per heavy atom. The van der Waals surface area contributed by atoms with Crippen molar-refractivity contribution < 1.29 is 14.7 Å². The Hall–Kier alpha value is -1.59. The molecule has 0 atom stereocenters. The summed E-state index contributed by atoms with van der Waals surface area (Å²) in [5.74, 6) is -0.940. The molecule has 0 aliphatic carbocycles. The number of aromatic carboxylic acids is 1. The molecule has 0 aliphatic heterocycles. The Kier molecular flexibility index (Phi) is 4.62. The maximum absolute atomic E-state index is 11.2. The molecule has 0 saturated carbocycles. The van der Waals surface area contributed by atoms with Crippen molar-refractivity contribution in [1.82, 2.24) is 0 Å². The minimum Gasteiger partial charge on any atom is -0.478 e. The fraction of sp³-hybridized carbons (Fsp3) is 0.0667. The summed E-state index contributed by atoms with van der Waals surface area (Å²) in [7, 11) is 0. The average Bonchev–Trinajstić information content (AvgIpc) is 2.41. The van der Waals surface area contributed by atoms with Gasteiger partial charge in [0.05, 0.1) is 5.56 Å². The van der Waals surface area contributed by atoms with Crippen LogP contribution in [0.25, 0.3) is 0 Å². The Bertz CT molecular complexity index is 665. The molecule has 20 heavy (non-hydrogen) atoms. The van der Waals surface area contributed by atoms with E-state index in [-0.39, 0.29) is 11.3 Å². The molecule has 0 heterocycles. The monoisotopic (exact) mass is 350 g/mol. The van der Waals surface area contributed by atoms with Crippen molar-refractivity contribution in [1.29, 1.82) is 0 Å². The first-order chi connectivity index (χ1) is 9.47. The van der Waals surface area contributed by atoms with Crippen LogP contribution in [-0.4, -0.2) is 16.9 Å². The lowest BCUT2D eigenvalue weighted by molar-refractivity contribution is 0.0695. The van der Waals surface area contributed by atoms with Gasteiger partial charge in [0.2, 0.25) is 0 Å². The van der Waals surface area contributed by atoms with E-state index in [1.165, 1.54) is 18.7 Å². The van der Waals surface area contributed by atoms with Crippen molar-refractivity contribution in [3.8, 4) is 0 Å². The van der Waals surface area contributed by atoms with Crippen LogP contribution in [0.3, 0.4) is 0 Å². The smallest absolute Gasteiger partial charge is 0.336 e. The summed E-state index contributed by atoms with van der Waals surface area (Å²) in [5, 5.41) is 9.08. The third kappa shape index (κ3) is 3.49. The van der Waals surface area contributed by atoms with Crippen molar-refractivity contribution in [3.05, 3.63) is 58.1 Å². The molecule has 102 valence electrons. The van der Waals surface area contributed by atoms with E-state index >= 15 is 0 Å². The summed E-state index contributed by atoms with van der Waals surface area (Å²) in [5.41, 5.74) is 0.895. The van der Waals surface area contributed by atoms with Gasteiger partial charge in [0.15, 0.2) is 5.78 Å². The zero-order chi connectivity index (χ0) is 14.7. The van der Waals surface area contributed by atoms with E-state index in [0.29, 0.717) is 10.0 Å². The normalized spacial score (nSPS) is 10.3. The number of carboxylic acid groups (broad SMARTS) is 1. The Balaban J connectivity index is 2.23. The molecule has 0 aromatic heterocycles. The molecule has 0 unspecified atom stereocenters. The van der Waals surface area contributed by atoms with Gasteiger partial charge in [-0.1, -0.05) is 23.9 Å². The zero-order valence-electron chi connectivity index (χ0n) is 10.6. The average molecular weight is 351 g/mol. The minimum atomic E-state index is -0.966. The van der Waals surface area contributed by atoms with Gasteiger partial charge < -0.3 is 5.11 Å². The molecule has 0 amide bonds. The van der Waals surface area contributed by atoms with Gasteiger partial charge in [-0.2, -0.15) is 0 Å². The number of benzene rings is 2. The topological polar surface area (TPSA) is 54.4 Å². The summed E-state index contributed by atoms with van der Waals surface area (Å²) < 4.78 is 0.557. The maximum Gasteiger partial charge on any atom is 0.336 e. The lowest BCUT2D eigenvalue weighted by atomic mass is 10.2. The van der Waals surface area contributed by atoms with Crippen molar-refractivity contribution in [2.24, 2.45) is 0 Å². The highest BCUT2D eigenvalue weighted by molar-refractivity contribution is 9.10. The molecular weight excluding hydrogens is 340 g/mol. The number of hydrogen-bond acceptors (Lipinski definition) is 3. The van der Waals surface area contributed by atoms with E-state index < -0.39 is 5.97 Å². The number of Topliss-reactive ketones (excluding diaryl/α,β-unsaturated/α-hetero) is 1. The quantitative estimate of drug-likeness (QED) is 0.824. The van der Waals surface area contributed by atoms with Gasteiger partial charge in [-0.3, -0.25) is 4.79 Å². The number of carbonyl (C=O) groups excluding carboxylic acids is 1. The van der Waals surface area contributed by atoms with Crippen LogP contribution >= 0.6 is 27.7 Å². The van der Waals surface area contributed by atoms with Gasteiger partial charge in [0.25, 0.3) is 0 Å². The summed E-state index contributed by atoms with van der Waals surface area (Å²) >= 11 is 4.67.